The van der Waals surface area contributed by atoms with Crippen LogP contribution in [0.3, 0.4) is 0 Å². The molecular formula is C13H15F2NO2. The second-order valence-electron chi connectivity index (χ2n) is 4.29. The third kappa shape index (κ3) is 2.51. The number of hydrogen-bond donors (Lipinski definition) is 1. The van der Waals surface area contributed by atoms with E-state index in [-0.39, 0.29) is 11.9 Å². The Kier molecular flexibility index (Phi) is 3.91. The zero-order valence-corrected chi connectivity index (χ0v) is 10.1. The maximum absolute atomic E-state index is 13.7. The lowest BCUT2D eigenvalue weighted by Crippen LogP contribution is -2.24. The summed E-state index contributed by atoms with van der Waals surface area (Å²) in [6.45, 7) is 2.98. The Morgan fingerprint density at radius 1 is 1.44 bits per heavy atom. The van der Waals surface area contributed by atoms with Crippen LogP contribution in [-0.2, 0) is 9.53 Å². The third-order valence-electron chi connectivity index (χ3n) is 3.17. The van der Waals surface area contributed by atoms with Crippen LogP contribution in [0.1, 0.15) is 18.4 Å². The molecule has 2 atom stereocenters. The third-order valence-corrected chi connectivity index (χ3v) is 3.17. The highest BCUT2D eigenvalue weighted by Gasteiger charge is 2.36. The molecule has 0 saturated carbocycles. The largest absolute Gasteiger partial charge is 0.466 e. The van der Waals surface area contributed by atoms with Gasteiger partial charge >= 0.3 is 5.97 Å². The van der Waals surface area contributed by atoms with Gasteiger partial charge in [0.1, 0.15) is 11.6 Å². The van der Waals surface area contributed by atoms with Crippen molar-refractivity contribution in [1.82, 2.24) is 5.32 Å². The quantitative estimate of drug-likeness (QED) is 0.837. The summed E-state index contributed by atoms with van der Waals surface area (Å²) in [5.41, 5.74) is 0.361. The molecule has 0 amide bonds. The maximum atomic E-state index is 13.7. The normalized spacial score (nSPS) is 23.1. The smallest absolute Gasteiger partial charge is 0.310 e. The minimum absolute atomic E-state index is 0.300. The molecule has 1 aliphatic heterocycles. The van der Waals surface area contributed by atoms with Gasteiger partial charge in [-0.1, -0.05) is 6.07 Å². The molecule has 98 valence electrons. The lowest BCUT2D eigenvalue weighted by molar-refractivity contribution is -0.147. The Labute approximate surface area is 104 Å². The molecular weight excluding hydrogens is 240 g/mol. The number of rotatable bonds is 3. The zero-order chi connectivity index (χ0) is 13.1. The van der Waals surface area contributed by atoms with Crippen molar-refractivity contribution < 1.29 is 18.3 Å². The van der Waals surface area contributed by atoms with Crippen molar-refractivity contribution in [3.63, 3.8) is 0 Å². The summed E-state index contributed by atoms with van der Waals surface area (Å²) >= 11 is 0. The topological polar surface area (TPSA) is 38.3 Å². The average Bonchev–Trinajstić information content (AvgIpc) is 2.78. The highest BCUT2D eigenvalue weighted by molar-refractivity contribution is 5.74. The number of nitrogens with one attached hydrogen (secondary N) is 1. The molecule has 2 rings (SSSR count). The summed E-state index contributed by atoms with van der Waals surface area (Å²) in [6.07, 6.45) is 0. The fraction of sp³-hybridized carbons (Fsp3) is 0.462. The van der Waals surface area contributed by atoms with E-state index in [9.17, 15) is 13.6 Å². The number of benzene rings is 1. The van der Waals surface area contributed by atoms with Gasteiger partial charge in [0.2, 0.25) is 0 Å². The van der Waals surface area contributed by atoms with E-state index < -0.39 is 17.6 Å². The van der Waals surface area contributed by atoms with Gasteiger partial charge in [0.05, 0.1) is 12.5 Å². The van der Waals surface area contributed by atoms with E-state index in [0.717, 1.165) is 6.07 Å². The lowest BCUT2D eigenvalue weighted by atomic mass is 9.88. The Hall–Kier alpha value is -1.49. The first-order valence-electron chi connectivity index (χ1n) is 5.95. The van der Waals surface area contributed by atoms with Crippen molar-refractivity contribution in [2.24, 2.45) is 5.92 Å². The number of carbonyl (C=O) groups is 1. The summed E-state index contributed by atoms with van der Waals surface area (Å²) in [4.78, 5) is 11.7. The van der Waals surface area contributed by atoms with Crippen LogP contribution < -0.4 is 5.32 Å². The Balaban J connectivity index is 2.23. The van der Waals surface area contributed by atoms with Gasteiger partial charge in [-0.2, -0.15) is 0 Å². The summed E-state index contributed by atoms with van der Waals surface area (Å²) < 4.78 is 31.5. The first-order chi connectivity index (χ1) is 8.63. The molecule has 3 nitrogen and oxygen atoms in total. The van der Waals surface area contributed by atoms with E-state index in [1.807, 2.05) is 0 Å². The SMILES string of the molecule is CCOC(=O)[C@@H]1CNC[C@H]1c1ccc(F)cc1F. The van der Waals surface area contributed by atoms with Crippen LogP contribution in [0.2, 0.25) is 0 Å². The van der Waals surface area contributed by atoms with Crippen molar-refractivity contribution in [1.29, 1.82) is 0 Å². The maximum Gasteiger partial charge on any atom is 0.310 e. The van der Waals surface area contributed by atoms with Gasteiger partial charge in [0.15, 0.2) is 0 Å². The van der Waals surface area contributed by atoms with Crippen LogP contribution in [0.25, 0.3) is 0 Å². The second-order valence-corrected chi connectivity index (χ2v) is 4.29. The standard InChI is InChI=1S/C13H15F2NO2/c1-2-18-13(17)11-7-16-6-10(11)9-4-3-8(14)5-12(9)15/h3-5,10-11,16H,2,6-7H2,1H3/t10-,11+/m0/s1. The van der Waals surface area contributed by atoms with Crippen LogP contribution in [0.15, 0.2) is 18.2 Å². The van der Waals surface area contributed by atoms with Crippen LogP contribution in [-0.4, -0.2) is 25.7 Å². The molecule has 1 saturated heterocycles. The van der Waals surface area contributed by atoms with Gasteiger partial charge in [-0.25, -0.2) is 8.78 Å². The highest BCUT2D eigenvalue weighted by atomic mass is 19.1. The minimum Gasteiger partial charge on any atom is -0.466 e. The molecule has 18 heavy (non-hydrogen) atoms. The van der Waals surface area contributed by atoms with Gasteiger partial charge in [-0.3, -0.25) is 4.79 Å². The molecule has 1 aromatic rings. The van der Waals surface area contributed by atoms with Gasteiger partial charge < -0.3 is 10.1 Å². The number of esters is 1. The molecule has 1 aliphatic rings. The van der Waals surface area contributed by atoms with Gasteiger partial charge in [-0.15, -0.1) is 0 Å². The van der Waals surface area contributed by atoms with E-state index in [1.54, 1.807) is 6.92 Å². The summed E-state index contributed by atoms with van der Waals surface area (Å²) in [6, 6.07) is 3.45. The predicted molar refractivity (Wildman–Crippen MR) is 62.1 cm³/mol. The zero-order valence-electron chi connectivity index (χ0n) is 10.1. The highest BCUT2D eigenvalue weighted by Crippen LogP contribution is 2.31. The molecule has 0 aliphatic carbocycles. The molecule has 1 N–H and O–H groups in total. The van der Waals surface area contributed by atoms with E-state index in [4.69, 9.17) is 4.74 Å². The van der Waals surface area contributed by atoms with Crippen molar-refractivity contribution in [3.05, 3.63) is 35.4 Å². The van der Waals surface area contributed by atoms with E-state index in [1.165, 1.54) is 12.1 Å². The molecule has 0 spiro atoms. The molecule has 0 bridgehead atoms. The van der Waals surface area contributed by atoms with Crippen molar-refractivity contribution in [3.8, 4) is 0 Å². The summed E-state index contributed by atoms with van der Waals surface area (Å²) in [5.74, 6) is -2.28. The first-order valence-corrected chi connectivity index (χ1v) is 5.95. The van der Waals surface area contributed by atoms with Crippen LogP contribution >= 0.6 is 0 Å². The number of hydrogen-bond acceptors (Lipinski definition) is 3. The monoisotopic (exact) mass is 255 g/mol. The summed E-state index contributed by atoms with van der Waals surface area (Å²) in [5, 5.41) is 3.04. The van der Waals surface area contributed by atoms with Crippen LogP contribution in [0.5, 0.6) is 0 Å². The fourth-order valence-electron chi connectivity index (χ4n) is 2.30. The van der Waals surface area contributed by atoms with Crippen molar-refractivity contribution in [2.45, 2.75) is 12.8 Å². The van der Waals surface area contributed by atoms with E-state index >= 15 is 0 Å². The van der Waals surface area contributed by atoms with E-state index in [2.05, 4.69) is 5.32 Å². The Bertz CT molecular complexity index is 451. The van der Waals surface area contributed by atoms with Crippen LogP contribution in [0, 0.1) is 17.6 Å². The van der Waals surface area contributed by atoms with Crippen molar-refractivity contribution in [2.75, 3.05) is 19.7 Å². The number of ether oxygens (including phenoxy) is 1. The molecule has 0 radical (unpaired) electrons. The van der Waals surface area contributed by atoms with Crippen molar-refractivity contribution >= 4 is 5.97 Å². The molecule has 5 heteroatoms. The lowest BCUT2D eigenvalue weighted by Gasteiger charge is -2.18. The fourth-order valence-corrected chi connectivity index (χ4v) is 2.30. The Morgan fingerprint density at radius 3 is 2.89 bits per heavy atom. The number of carbonyl (C=O) groups excluding carboxylic acids is 1. The molecule has 0 unspecified atom stereocenters. The van der Waals surface area contributed by atoms with Gasteiger partial charge in [0, 0.05) is 25.1 Å². The molecule has 1 heterocycles. The predicted octanol–water partition coefficient (Wildman–Crippen LogP) is 1.83. The molecule has 1 aromatic carbocycles. The number of halogens is 2. The first kappa shape index (κ1) is 13.0. The van der Waals surface area contributed by atoms with E-state index in [0.29, 0.717) is 25.3 Å². The van der Waals surface area contributed by atoms with Crippen LogP contribution in [0.4, 0.5) is 8.78 Å². The minimum atomic E-state index is -0.616. The molecule has 1 fully saturated rings. The van der Waals surface area contributed by atoms with Gasteiger partial charge in [0.25, 0.3) is 0 Å². The van der Waals surface area contributed by atoms with Gasteiger partial charge in [-0.05, 0) is 18.6 Å². The Morgan fingerprint density at radius 2 is 2.22 bits per heavy atom. The summed E-state index contributed by atoms with van der Waals surface area (Å²) in [7, 11) is 0. The average molecular weight is 255 g/mol. The second kappa shape index (κ2) is 5.44. The molecule has 0 aromatic heterocycles.